The molecule has 0 amide bonds. The van der Waals surface area contributed by atoms with Gasteiger partial charge in [-0.1, -0.05) is 26.7 Å². The van der Waals surface area contributed by atoms with E-state index in [1.807, 2.05) is 0 Å². The lowest BCUT2D eigenvalue weighted by molar-refractivity contribution is 0.0537. The van der Waals surface area contributed by atoms with Gasteiger partial charge in [0.1, 0.15) is 6.17 Å². The number of rotatable bonds is 2. The summed E-state index contributed by atoms with van der Waals surface area (Å²) in [6, 6.07) is 0. The second kappa shape index (κ2) is 8.52. The van der Waals surface area contributed by atoms with Gasteiger partial charge in [-0.2, -0.15) is 0 Å². The molecule has 3 fully saturated rings. The molecule has 0 bridgehead atoms. The van der Waals surface area contributed by atoms with Gasteiger partial charge in [0.2, 0.25) is 0 Å². The van der Waals surface area contributed by atoms with Crippen LogP contribution in [0.15, 0.2) is 0 Å². The van der Waals surface area contributed by atoms with E-state index in [0.29, 0.717) is 11.8 Å². The van der Waals surface area contributed by atoms with Crippen LogP contribution in [0.1, 0.15) is 80.9 Å². The van der Waals surface area contributed by atoms with Gasteiger partial charge in [0, 0.05) is 2.85 Å². The molecule has 0 heterocycles. The van der Waals surface area contributed by atoms with E-state index in [1.165, 1.54) is 51.4 Å². The zero-order valence-electron chi connectivity index (χ0n) is 14.9. The van der Waals surface area contributed by atoms with Crippen LogP contribution in [0.25, 0.3) is 0 Å². The van der Waals surface area contributed by atoms with E-state index in [0.717, 1.165) is 30.6 Å². The van der Waals surface area contributed by atoms with E-state index in [9.17, 15) is 4.39 Å². The maximum absolute atomic E-state index is 14.6. The third kappa shape index (κ3) is 4.42. The highest BCUT2D eigenvalue weighted by Crippen LogP contribution is 2.47. The second-order valence-corrected chi connectivity index (χ2v) is 9.31. The highest BCUT2D eigenvalue weighted by molar-refractivity contribution is 6.21. The summed E-state index contributed by atoms with van der Waals surface area (Å²) >= 11 is 6.32. The van der Waals surface area contributed by atoms with Crippen molar-refractivity contribution in [2.75, 3.05) is 0 Å². The van der Waals surface area contributed by atoms with Crippen molar-refractivity contribution >= 4 is 11.6 Å². The van der Waals surface area contributed by atoms with E-state index < -0.39 is 6.17 Å². The maximum Gasteiger partial charge on any atom is 0.120 e. The van der Waals surface area contributed by atoms with Crippen molar-refractivity contribution in [2.45, 2.75) is 89.6 Å². The normalized spacial score (nSPS) is 48.5. The first kappa shape index (κ1) is 19.5. The fourth-order valence-electron chi connectivity index (χ4n) is 5.62. The number of halogens is 2. The predicted octanol–water partition coefficient (Wildman–Crippen LogP) is 6.28. The first-order valence-electron chi connectivity index (χ1n) is 9.84. The summed E-state index contributed by atoms with van der Waals surface area (Å²) in [5.74, 6) is 4.09. The largest absolute Gasteiger partial charge is 0.412 e. The number of hydrogen-bond acceptors (Lipinski definition) is 0. The second-order valence-electron chi connectivity index (χ2n) is 8.80. The Balaban J connectivity index is 0.00000192. The standard InChI is InChI=1S/C20H34ClF.H2O.2H2/c1-13-3-6-15(7-4-13)16-8-10-17(11-9-16)18-12-5-14(2)19(21)20(18)22;;;/h13-20H,3-12H2,1-2H3;1H2;2*1H. The highest BCUT2D eigenvalue weighted by Gasteiger charge is 2.42. The minimum Gasteiger partial charge on any atom is -0.412 e. The minimum atomic E-state index is -0.762. The molecule has 0 aromatic heterocycles. The van der Waals surface area contributed by atoms with Crippen LogP contribution in [0.2, 0.25) is 0 Å². The maximum atomic E-state index is 14.6. The van der Waals surface area contributed by atoms with Crippen molar-refractivity contribution in [2.24, 2.45) is 35.5 Å². The monoisotopic (exact) mass is 350 g/mol. The molecule has 2 N–H and O–H groups in total. The molecule has 3 rings (SSSR count). The van der Waals surface area contributed by atoms with Gasteiger partial charge in [0.15, 0.2) is 0 Å². The lowest BCUT2D eigenvalue weighted by atomic mass is 9.65. The first-order valence-corrected chi connectivity index (χ1v) is 10.3. The summed E-state index contributed by atoms with van der Waals surface area (Å²) in [7, 11) is 0. The molecule has 0 radical (unpaired) electrons. The summed E-state index contributed by atoms with van der Waals surface area (Å²) in [6.07, 6.45) is 12.4. The van der Waals surface area contributed by atoms with Crippen molar-refractivity contribution in [3.8, 4) is 0 Å². The molecule has 4 atom stereocenters. The van der Waals surface area contributed by atoms with Crippen molar-refractivity contribution in [1.82, 2.24) is 0 Å². The topological polar surface area (TPSA) is 31.5 Å². The lowest BCUT2D eigenvalue weighted by Gasteiger charge is -2.43. The molecule has 0 aromatic carbocycles. The summed E-state index contributed by atoms with van der Waals surface area (Å²) < 4.78 is 14.6. The minimum absolute atomic E-state index is 0. The Morgan fingerprint density at radius 2 is 1.22 bits per heavy atom. The van der Waals surface area contributed by atoms with Gasteiger partial charge in [0.25, 0.3) is 0 Å². The fourth-order valence-corrected chi connectivity index (χ4v) is 5.93. The van der Waals surface area contributed by atoms with Gasteiger partial charge < -0.3 is 5.48 Å². The van der Waals surface area contributed by atoms with E-state index in [-0.39, 0.29) is 19.6 Å². The third-order valence-corrected chi connectivity index (χ3v) is 8.03. The molecule has 3 aliphatic carbocycles. The summed E-state index contributed by atoms with van der Waals surface area (Å²) in [4.78, 5) is 0. The van der Waals surface area contributed by atoms with Gasteiger partial charge >= 0.3 is 0 Å². The fraction of sp³-hybridized carbons (Fsp3) is 1.00. The molecule has 0 aliphatic heterocycles. The average molecular weight is 351 g/mol. The van der Waals surface area contributed by atoms with Gasteiger partial charge in [-0.05, 0) is 86.9 Å². The SMILES string of the molecule is CC1CCC(C2CCC(C3CCC(C)C(Cl)C3F)CC2)CC1.O.[HH].[HH]. The van der Waals surface area contributed by atoms with Crippen LogP contribution in [-0.4, -0.2) is 17.0 Å². The molecule has 140 valence electrons. The first-order chi connectivity index (χ1) is 10.6. The molecule has 4 unspecified atom stereocenters. The van der Waals surface area contributed by atoms with Crippen molar-refractivity contribution in [1.29, 1.82) is 0 Å². The highest BCUT2D eigenvalue weighted by atomic mass is 35.5. The molecular formula is C20H40ClFO. The molecule has 3 saturated carbocycles. The Kier molecular flexibility index (Phi) is 7.22. The molecule has 1 nitrogen and oxygen atoms in total. The zero-order valence-corrected chi connectivity index (χ0v) is 15.7. The molecule has 23 heavy (non-hydrogen) atoms. The summed E-state index contributed by atoms with van der Waals surface area (Å²) in [5.41, 5.74) is 0. The Hall–Kier alpha value is 0.180. The van der Waals surface area contributed by atoms with E-state index in [1.54, 1.807) is 0 Å². The van der Waals surface area contributed by atoms with Gasteiger partial charge in [-0.15, -0.1) is 11.6 Å². The van der Waals surface area contributed by atoms with Gasteiger partial charge in [0.05, 0.1) is 5.38 Å². The average Bonchev–Trinajstić information content (AvgIpc) is 2.54. The Bertz CT molecular complexity index is 358. The number of hydrogen-bond donors (Lipinski definition) is 0. The van der Waals surface area contributed by atoms with Crippen LogP contribution in [0.4, 0.5) is 4.39 Å². The Morgan fingerprint density at radius 1 is 0.739 bits per heavy atom. The van der Waals surface area contributed by atoms with Crippen LogP contribution >= 0.6 is 11.6 Å². The molecule has 3 heteroatoms. The van der Waals surface area contributed by atoms with Crippen LogP contribution in [-0.2, 0) is 0 Å². The van der Waals surface area contributed by atoms with Gasteiger partial charge in [-0.25, -0.2) is 4.39 Å². The summed E-state index contributed by atoms with van der Waals surface area (Å²) in [5, 5.41) is -0.240. The Morgan fingerprint density at radius 3 is 1.78 bits per heavy atom. The molecule has 0 saturated heterocycles. The number of alkyl halides is 2. The van der Waals surface area contributed by atoms with Crippen LogP contribution < -0.4 is 0 Å². The van der Waals surface area contributed by atoms with Crippen molar-refractivity contribution in [3.05, 3.63) is 0 Å². The van der Waals surface area contributed by atoms with E-state index >= 15 is 0 Å². The van der Waals surface area contributed by atoms with Crippen molar-refractivity contribution < 1.29 is 12.7 Å². The molecule has 0 aromatic rings. The van der Waals surface area contributed by atoms with Crippen LogP contribution in [0, 0.1) is 35.5 Å². The predicted molar refractivity (Wildman–Crippen MR) is 101 cm³/mol. The van der Waals surface area contributed by atoms with E-state index in [2.05, 4.69) is 13.8 Å². The molecular weight excluding hydrogens is 311 g/mol. The molecule has 0 spiro atoms. The van der Waals surface area contributed by atoms with Gasteiger partial charge in [-0.3, -0.25) is 0 Å². The molecule has 3 aliphatic rings. The van der Waals surface area contributed by atoms with E-state index in [4.69, 9.17) is 11.6 Å². The van der Waals surface area contributed by atoms with Crippen LogP contribution in [0.5, 0.6) is 0 Å². The van der Waals surface area contributed by atoms with Crippen molar-refractivity contribution in [3.63, 3.8) is 0 Å². The zero-order chi connectivity index (χ0) is 15.7. The van der Waals surface area contributed by atoms with Crippen LogP contribution in [0.3, 0.4) is 0 Å². The summed E-state index contributed by atoms with van der Waals surface area (Å²) in [6.45, 7) is 4.52. The quantitative estimate of drug-likeness (QED) is 0.525. The third-order valence-electron chi connectivity index (χ3n) is 7.36. The Labute approximate surface area is 150 Å². The lowest BCUT2D eigenvalue weighted by Crippen LogP contribution is -2.41. The smallest absolute Gasteiger partial charge is 0.120 e.